The Hall–Kier alpha value is -2.30. The Kier molecular flexibility index (Phi) is 4.00. The van der Waals surface area contributed by atoms with E-state index < -0.39 is 6.10 Å². The average Bonchev–Trinajstić information content (AvgIpc) is 3.22. The van der Waals surface area contributed by atoms with Gasteiger partial charge in [0.15, 0.2) is 6.10 Å². The van der Waals surface area contributed by atoms with Crippen LogP contribution in [0.25, 0.3) is 0 Å². The molecule has 2 aromatic rings. The van der Waals surface area contributed by atoms with Crippen molar-refractivity contribution >= 4 is 5.91 Å². The smallest absolute Gasteiger partial charge is 0.261 e. The van der Waals surface area contributed by atoms with Crippen LogP contribution in [-0.4, -0.2) is 27.6 Å². The van der Waals surface area contributed by atoms with Crippen molar-refractivity contribution in [3.8, 4) is 5.75 Å². The van der Waals surface area contributed by atoms with E-state index in [4.69, 9.17) is 4.74 Å². The Morgan fingerprint density at radius 1 is 1.33 bits per heavy atom. The summed E-state index contributed by atoms with van der Waals surface area (Å²) in [6, 6.07) is 6.34. The zero-order chi connectivity index (χ0) is 16.5. The summed E-state index contributed by atoms with van der Waals surface area (Å²) in [5.41, 5.74) is 2.78. The lowest BCUT2D eigenvalue weighted by Crippen LogP contribution is -2.46. The van der Waals surface area contributed by atoms with Crippen LogP contribution in [0, 0.1) is 0 Å². The number of aromatic nitrogens is 2. The Labute approximate surface area is 142 Å². The first-order chi connectivity index (χ1) is 11.7. The minimum absolute atomic E-state index is 0.0518. The number of amides is 1. The second-order valence-electron chi connectivity index (χ2n) is 6.78. The summed E-state index contributed by atoms with van der Waals surface area (Å²) in [7, 11) is 0. The number of hydrogen-bond donors (Lipinski definition) is 1. The highest BCUT2D eigenvalue weighted by molar-refractivity contribution is 5.81. The molecule has 0 bridgehead atoms. The van der Waals surface area contributed by atoms with Crippen LogP contribution in [0.3, 0.4) is 0 Å². The van der Waals surface area contributed by atoms with Gasteiger partial charge < -0.3 is 14.6 Å². The van der Waals surface area contributed by atoms with Crippen LogP contribution in [-0.2, 0) is 30.6 Å². The van der Waals surface area contributed by atoms with E-state index in [-0.39, 0.29) is 11.9 Å². The van der Waals surface area contributed by atoms with Gasteiger partial charge in [-0.25, -0.2) is 4.98 Å². The molecule has 2 unspecified atom stereocenters. The van der Waals surface area contributed by atoms with Gasteiger partial charge in [-0.1, -0.05) is 6.07 Å². The summed E-state index contributed by atoms with van der Waals surface area (Å²) >= 11 is 0. The van der Waals surface area contributed by atoms with Gasteiger partial charge in [0, 0.05) is 31.4 Å². The Morgan fingerprint density at radius 3 is 3.12 bits per heavy atom. The number of nitrogens with zero attached hydrogens (tertiary/aromatic N) is 2. The molecule has 126 valence electrons. The van der Waals surface area contributed by atoms with E-state index in [9.17, 15) is 4.79 Å². The number of carbonyl (C=O) groups excluding carboxylic acids is 1. The molecule has 2 heterocycles. The molecule has 1 N–H and O–H groups in total. The predicted molar refractivity (Wildman–Crippen MR) is 91.0 cm³/mol. The van der Waals surface area contributed by atoms with Gasteiger partial charge in [0.2, 0.25) is 0 Å². The Morgan fingerprint density at radius 2 is 2.21 bits per heavy atom. The van der Waals surface area contributed by atoms with Crippen LogP contribution in [0.4, 0.5) is 0 Å². The molecule has 1 aliphatic carbocycles. The number of imidazole rings is 1. The molecule has 0 spiro atoms. The first-order valence-electron chi connectivity index (χ1n) is 8.78. The highest BCUT2D eigenvalue weighted by Gasteiger charge is 2.23. The number of aryl methyl sites for hydroxylation is 3. The van der Waals surface area contributed by atoms with E-state index in [0.717, 1.165) is 43.8 Å². The summed E-state index contributed by atoms with van der Waals surface area (Å²) in [6.45, 7) is 2.60. The van der Waals surface area contributed by atoms with Crippen LogP contribution in [0.5, 0.6) is 5.75 Å². The maximum atomic E-state index is 12.4. The molecule has 0 radical (unpaired) electrons. The second kappa shape index (κ2) is 6.30. The third-order valence-corrected chi connectivity index (χ3v) is 5.03. The van der Waals surface area contributed by atoms with Crippen molar-refractivity contribution in [1.29, 1.82) is 0 Å². The minimum Gasteiger partial charge on any atom is -0.481 e. The number of nitrogens with one attached hydrogen (secondary N) is 1. The van der Waals surface area contributed by atoms with Gasteiger partial charge in [0.05, 0.1) is 0 Å². The summed E-state index contributed by atoms with van der Waals surface area (Å²) < 4.78 is 7.98. The first kappa shape index (κ1) is 15.2. The van der Waals surface area contributed by atoms with Crippen molar-refractivity contribution in [1.82, 2.24) is 14.9 Å². The number of benzene rings is 1. The van der Waals surface area contributed by atoms with E-state index in [1.807, 2.05) is 25.4 Å². The summed E-state index contributed by atoms with van der Waals surface area (Å²) in [6.07, 6.45) is 8.61. The molecule has 1 aliphatic heterocycles. The quantitative estimate of drug-likeness (QED) is 0.938. The fraction of sp³-hybridized carbons (Fsp3) is 0.474. The van der Waals surface area contributed by atoms with Crippen molar-refractivity contribution in [2.24, 2.45) is 0 Å². The van der Waals surface area contributed by atoms with Gasteiger partial charge >= 0.3 is 0 Å². The zero-order valence-electron chi connectivity index (χ0n) is 14.0. The maximum Gasteiger partial charge on any atom is 0.261 e. The standard InChI is InChI=1S/C19H23N3O2/c1-13(24-17-7-5-14-3-2-4-15(14)11-17)19(23)21-16-6-8-18-20-9-10-22(18)12-16/h5,7,9-11,13,16H,2-4,6,8,12H2,1H3,(H,21,23). The molecule has 1 aromatic heterocycles. The predicted octanol–water partition coefficient (Wildman–Crippen LogP) is 2.27. The summed E-state index contributed by atoms with van der Waals surface area (Å²) in [5, 5.41) is 3.11. The molecule has 1 aromatic carbocycles. The molecule has 0 saturated carbocycles. The van der Waals surface area contributed by atoms with Gasteiger partial charge in [-0.15, -0.1) is 0 Å². The van der Waals surface area contributed by atoms with Gasteiger partial charge in [-0.05, 0) is 55.9 Å². The third-order valence-electron chi connectivity index (χ3n) is 5.03. The van der Waals surface area contributed by atoms with E-state index in [0.29, 0.717) is 0 Å². The summed E-state index contributed by atoms with van der Waals surface area (Å²) in [5.74, 6) is 1.84. The van der Waals surface area contributed by atoms with Crippen molar-refractivity contribution in [3.05, 3.63) is 47.5 Å². The van der Waals surface area contributed by atoms with Crippen molar-refractivity contribution in [2.75, 3.05) is 0 Å². The highest BCUT2D eigenvalue weighted by atomic mass is 16.5. The Balaban J connectivity index is 1.35. The monoisotopic (exact) mass is 325 g/mol. The molecule has 4 rings (SSSR count). The molecular formula is C19H23N3O2. The van der Waals surface area contributed by atoms with Crippen molar-refractivity contribution in [3.63, 3.8) is 0 Å². The first-order valence-corrected chi connectivity index (χ1v) is 8.78. The summed E-state index contributed by atoms with van der Waals surface area (Å²) in [4.78, 5) is 16.8. The van der Waals surface area contributed by atoms with E-state index in [1.54, 1.807) is 0 Å². The van der Waals surface area contributed by atoms with Crippen LogP contribution < -0.4 is 10.1 Å². The van der Waals surface area contributed by atoms with Crippen LogP contribution >= 0.6 is 0 Å². The molecule has 2 atom stereocenters. The molecular weight excluding hydrogens is 302 g/mol. The number of hydrogen-bond acceptors (Lipinski definition) is 3. The fourth-order valence-corrected chi connectivity index (χ4v) is 3.68. The maximum absolute atomic E-state index is 12.4. The SMILES string of the molecule is CC(Oc1ccc2c(c1)CCC2)C(=O)NC1CCc2nccn2C1. The number of fused-ring (bicyclic) bond motifs is 2. The van der Waals surface area contributed by atoms with Crippen LogP contribution in [0.2, 0.25) is 0 Å². The van der Waals surface area contributed by atoms with Crippen molar-refractivity contribution < 1.29 is 9.53 Å². The molecule has 5 heteroatoms. The van der Waals surface area contributed by atoms with E-state index in [1.165, 1.54) is 17.5 Å². The number of rotatable bonds is 4. The molecule has 2 aliphatic rings. The van der Waals surface area contributed by atoms with Crippen LogP contribution in [0.15, 0.2) is 30.6 Å². The lowest BCUT2D eigenvalue weighted by Gasteiger charge is -2.26. The number of carbonyl (C=O) groups is 1. The normalized spacial score (nSPS) is 20.1. The fourth-order valence-electron chi connectivity index (χ4n) is 3.68. The van der Waals surface area contributed by atoms with Gasteiger partial charge in [0.1, 0.15) is 11.6 Å². The molecule has 0 saturated heterocycles. The topological polar surface area (TPSA) is 56.1 Å². The molecule has 5 nitrogen and oxygen atoms in total. The highest BCUT2D eigenvalue weighted by Crippen LogP contribution is 2.26. The second-order valence-corrected chi connectivity index (χ2v) is 6.78. The van der Waals surface area contributed by atoms with Gasteiger partial charge in [-0.3, -0.25) is 4.79 Å². The van der Waals surface area contributed by atoms with E-state index in [2.05, 4.69) is 27.0 Å². The molecule has 24 heavy (non-hydrogen) atoms. The zero-order valence-corrected chi connectivity index (χ0v) is 14.0. The molecule has 1 amide bonds. The minimum atomic E-state index is -0.492. The van der Waals surface area contributed by atoms with Crippen LogP contribution in [0.1, 0.15) is 36.7 Å². The average molecular weight is 325 g/mol. The van der Waals surface area contributed by atoms with Crippen molar-refractivity contribution in [2.45, 2.75) is 57.7 Å². The molecule has 0 fully saturated rings. The Bertz CT molecular complexity index is 753. The number of ether oxygens (including phenoxy) is 1. The van der Waals surface area contributed by atoms with E-state index >= 15 is 0 Å². The third kappa shape index (κ3) is 3.03. The lowest BCUT2D eigenvalue weighted by atomic mass is 10.1. The van der Waals surface area contributed by atoms with Gasteiger partial charge in [0.25, 0.3) is 5.91 Å². The lowest BCUT2D eigenvalue weighted by molar-refractivity contribution is -0.128. The van der Waals surface area contributed by atoms with Gasteiger partial charge in [-0.2, -0.15) is 0 Å². The largest absolute Gasteiger partial charge is 0.481 e.